The van der Waals surface area contributed by atoms with Crippen molar-refractivity contribution in [2.24, 2.45) is 0 Å². The number of nitrogens with zero attached hydrogens (tertiary/aromatic N) is 2. The van der Waals surface area contributed by atoms with Crippen LogP contribution in [0, 0.1) is 0 Å². The lowest BCUT2D eigenvalue weighted by Gasteiger charge is -2.28. The van der Waals surface area contributed by atoms with Crippen molar-refractivity contribution in [3.63, 3.8) is 0 Å². The number of nitrogens with one attached hydrogen (secondary N) is 1. The molecule has 1 aliphatic heterocycles. The monoisotopic (exact) mass is 423 g/mol. The Morgan fingerprint density at radius 3 is 2.72 bits per heavy atom. The first-order valence-corrected chi connectivity index (χ1v) is 10.5. The summed E-state index contributed by atoms with van der Waals surface area (Å²) in [7, 11) is 0. The topological polar surface area (TPSA) is 62.3 Å². The number of carbonyl (C=O) groups is 2. The molecule has 1 aromatic heterocycles. The third kappa shape index (κ3) is 4.60. The summed E-state index contributed by atoms with van der Waals surface area (Å²) in [4.78, 5) is 30.9. The zero-order chi connectivity index (χ0) is 20.2. The van der Waals surface area contributed by atoms with E-state index in [1.165, 1.54) is 11.8 Å². The van der Waals surface area contributed by atoms with E-state index in [4.69, 9.17) is 11.6 Å². The first-order chi connectivity index (χ1) is 14.1. The summed E-state index contributed by atoms with van der Waals surface area (Å²) in [6, 6.07) is 18.4. The highest BCUT2D eigenvalue weighted by Crippen LogP contribution is 2.34. The molecule has 2 heterocycles. The maximum absolute atomic E-state index is 12.4. The van der Waals surface area contributed by atoms with Crippen LogP contribution >= 0.6 is 23.4 Å². The number of carbonyl (C=O) groups excluding carboxylic acids is 2. The van der Waals surface area contributed by atoms with Gasteiger partial charge in [0.25, 0.3) is 5.91 Å². The molecule has 0 radical (unpaired) electrons. The predicted octanol–water partition coefficient (Wildman–Crippen LogP) is 4.30. The van der Waals surface area contributed by atoms with E-state index in [9.17, 15) is 9.59 Å². The SMILES string of the molecule is O=C(NCc1cccc(Cl)c1)c1ccc(CN2C(=O)CSc3ncccc32)cc1. The predicted molar refractivity (Wildman–Crippen MR) is 115 cm³/mol. The maximum atomic E-state index is 12.4. The van der Waals surface area contributed by atoms with E-state index < -0.39 is 0 Å². The third-order valence-electron chi connectivity index (χ3n) is 4.57. The molecular formula is C22H18ClN3O2S. The average molecular weight is 424 g/mol. The molecule has 3 aromatic rings. The van der Waals surface area contributed by atoms with E-state index in [0.717, 1.165) is 21.8 Å². The summed E-state index contributed by atoms with van der Waals surface area (Å²) in [6.07, 6.45) is 1.73. The summed E-state index contributed by atoms with van der Waals surface area (Å²) >= 11 is 7.43. The molecule has 4 rings (SSSR count). The fourth-order valence-electron chi connectivity index (χ4n) is 3.09. The Hall–Kier alpha value is -2.83. The van der Waals surface area contributed by atoms with Crippen LogP contribution in [0.25, 0.3) is 0 Å². The summed E-state index contributed by atoms with van der Waals surface area (Å²) in [6.45, 7) is 0.855. The summed E-state index contributed by atoms with van der Waals surface area (Å²) in [5.41, 5.74) is 3.29. The molecule has 1 N–H and O–H groups in total. The van der Waals surface area contributed by atoms with Gasteiger partial charge < -0.3 is 10.2 Å². The first kappa shape index (κ1) is 19.5. The second-order valence-corrected chi connectivity index (χ2v) is 8.01. The standard InChI is InChI=1S/C22H18ClN3O2S/c23-18-4-1-3-16(11-18)12-25-21(28)17-8-6-15(7-9-17)13-26-19-5-2-10-24-22(19)29-14-20(26)27/h1-11H,12-14H2,(H,25,28). The van der Waals surface area contributed by atoms with Gasteiger partial charge >= 0.3 is 0 Å². The van der Waals surface area contributed by atoms with Gasteiger partial charge in [-0.1, -0.05) is 47.6 Å². The highest BCUT2D eigenvalue weighted by molar-refractivity contribution is 8.00. The number of hydrogen-bond donors (Lipinski definition) is 1. The van der Waals surface area contributed by atoms with Crippen LogP contribution < -0.4 is 10.2 Å². The molecule has 0 bridgehead atoms. The van der Waals surface area contributed by atoms with Crippen LogP contribution in [0.3, 0.4) is 0 Å². The molecule has 0 atom stereocenters. The van der Waals surface area contributed by atoms with Crippen molar-refractivity contribution in [2.45, 2.75) is 18.1 Å². The number of hydrogen-bond acceptors (Lipinski definition) is 4. The first-order valence-electron chi connectivity index (χ1n) is 9.10. The van der Waals surface area contributed by atoms with Crippen molar-refractivity contribution in [2.75, 3.05) is 10.7 Å². The van der Waals surface area contributed by atoms with E-state index in [-0.39, 0.29) is 11.8 Å². The molecular weight excluding hydrogens is 406 g/mol. The molecule has 0 spiro atoms. The average Bonchev–Trinajstić information content (AvgIpc) is 2.74. The molecule has 1 aliphatic rings. The molecule has 5 nitrogen and oxygen atoms in total. The lowest BCUT2D eigenvalue weighted by molar-refractivity contribution is -0.116. The van der Waals surface area contributed by atoms with Gasteiger partial charge in [0.1, 0.15) is 5.03 Å². The van der Waals surface area contributed by atoms with Crippen molar-refractivity contribution in [3.05, 3.63) is 88.6 Å². The normalized spacial score (nSPS) is 13.1. The van der Waals surface area contributed by atoms with Crippen LogP contribution in [-0.4, -0.2) is 22.6 Å². The van der Waals surface area contributed by atoms with Gasteiger partial charge in [0.15, 0.2) is 0 Å². The van der Waals surface area contributed by atoms with E-state index in [0.29, 0.717) is 29.4 Å². The van der Waals surface area contributed by atoms with Crippen LogP contribution in [0.5, 0.6) is 0 Å². The molecule has 0 unspecified atom stereocenters. The number of fused-ring (bicyclic) bond motifs is 1. The van der Waals surface area contributed by atoms with Crippen molar-refractivity contribution in [3.8, 4) is 0 Å². The van der Waals surface area contributed by atoms with Crippen molar-refractivity contribution >= 4 is 40.9 Å². The second kappa shape index (κ2) is 8.68. The van der Waals surface area contributed by atoms with Crippen LogP contribution in [-0.2, 0) is 17.9 Å². The maximum Gasteiger partial charge on any atom is 0.251 e. The van der Waals surface area contributed by atoms with E-state index in [1.54, 1.807) is 29.3 Å². The van der Waals surface area contributed by atoms with Crippen LogP contribution in [0.1, 0.15) is 21.5 Å². The van der Waals surface area contributed by atoms with Gasteiger partial charge in [0.05, 0.1) is 18.0 Å². The Labute approximate surface area is 178 Å². The molecule has 0 saturated carbocycles. The van der Waals surface area contributed by atoms with Crippen molar-refractivity contribution in [1.82, 2.24) is 10.3 Å². The number of thioether (sulfide) groups is 1. The minimum absolute atomic E-state index is 0.0545. The quantitative estimate of drug-likeness (QED) is 0.664. The van der Waals surface area contributed by atoms with Gasteiger partial charge in [-0.3, -0.25) is 9.59 Å². The molecule has 0 fully saturated rings. The number of benzene rings is 2. The minimum Gasteiger partial charge on any atom is -0.348 e. The largest absolute Gasteiger partial charge is 0.348 e. The highest BCUT2D eigenvalue weighted by Gasteiger charge is 2.25. The molecule has 0 aliphatic carbocycles. The number of amides is 2. The Kier molecular flexibility index (Phi) is 5.83. The third-order valence-corrected chi connectivity index (χ3v) is 5.79. The van der Waals surface area contributed by atoms with E-state index in [1.807, 2.05) is 42.5 Å². The van der Waals surface area contributed by atoms with E-state index >= 15 is 0 Å². The number of anilines is 1. The van der Waals surface area contributed by atoms with Gasteiger partial charge in [-0.15, -0.1) is 0 Å². The van der Waals surface area contributed by atoms with Crippen molar-refractivity contribution in [1.29, 1.82) is 0 Å². The summed E-state index contributed by atoms with van der Waals surface area (Å²) < 4.78 is 0. The number of aromatic nitrogens is 1. The number of pyridine rings is 1. The fourth-order valence-corrected chi connectivity index (χ4v) is 4.18. The smallest absolute Gasteiger partial charge is 0.251 e. The van der Waals surface area contributed by atoms with Gasteiger partial charge in [0.2, 0.25) is 5.91 Å². The van der Waals surface area contributed by atoms with Gasteiger partial charge in [-0.05, 0) is 47.5 Å². The number of rotatable bonds is 5. The fraction of sp³-hybridized carbons (Fsp3) is 0.136. The zero-order valence-corrected chi connectivity index (χ0v) is 17.0. The van der Waals surface area contributed by atoms with Crippen LogP contribution in [0.4, 0.5) is 5.69 Å². The summed E-state index contributed by atoms with van der Waals surface area (Å²) in [5.74, 6) is 0.281. The Bertz CT molecular complexity index is 1060. The minimum atomic E-state index is -0.156. The van der Waals surface area contributed by atoms with Crippen LogP contribution in [0.15, 0.2) is 71.9 Å². The molecule has 0 saturated heterocycles. The van der Waals surface area contributed by atoms with Gasteiger partial charge in [-0.2, -0.15) is 0 Å². The Balaban J connectivity index is 1.41. The lowest BCUT2D eigenvalue weighted by Crippen LogP contribution is -2.35. The number of halogens is 1. The molecule has 2 amide bonds. The van der Waals surface area contributed by atoms with Crippen molar-refractivity contribution < 1.29 is 9.59 Å². The molecule has 2 aromatic carbocycles. The molecule has 7 heteroatoms. The molecule has 29 heavy (non-hydrogen) atoms. The van der Waals surface area contributed by atoms with Crippen LogP contribution in [0.2, 0.25) is 5.02 Å². The second-order valence-electron chi connectivity index (χ2n) is 6.61. The Morgan fingerprint density at radius 1 is 1.10 bits per heavy atom. The van der Waals surface area contributed by atoms with E-state index in [2.05, 4.69) is 10.3 Å². The highest BCUT2D eigenvalue weighted by atomic mass is 35.5. The Morgan fingerprint density at radius 2 is 1.93 bits per heavy atom. The molecule has 146 valence electrons. The zero-order valence-electron chi connectivity index (χ0n) is 15.5. The van der Waals surface area contributed by atoms with Gasteiger partial charge in [0, 0.05) is 23.3 Å². The lowest BCUT2D eigenvalue weighted by atomic mass is 10.1. The summed E-state index contributed by atoms with van der Waals surface area (Å²) in [5, 5.41) is 4.40. The van der Waals surface area contributed by atoms with Gasteiger partial charge in [-0.25, -0.2) is 4.98 Å².